The number of amides is 1. The molecule has 0 spiro atoms. The van der Waals surface area contributed by atoms with E-state index in [4.69, 9.17) is 0 Å². The van der Waals surface area contributed by atoms with Crippen LogP contribution in [0.2, 0.25) is 0 Å². The van der Waals surface area contributed by atoms with Gasteiger partial charge < -0.3 is 0 Å². The molecule has 0 atom stereocenters. The van der Waals surface area contributed by atoms with Crippen LogP contribution >= 0.6 is 0 Å². The summed E-state index contributed by atoms with van der Waals surface area (Å²) in [6, 6.07) is 15.5. The van der Waals surface area contributed by atoms with Crippen molar-refractivity contribution >= 4 is 15.9 Å². The highest BCUT2D eigenvalue weighted by molar-refractivity contribution is 7.90. The number of aromatic nitrogens is 3. The first kappa shape index (κ1) is 14.6. The number of benzene rings is 2. The minimum atomic E-state index is -3.84. The molecular formula is C16H12N4O3S. The van der Waals surface area contributed by atoms with Crippen LogP contribution in [0.1, 0.15) is 16.1 Å². The normalized spacial score (nSPS) is 15.5. The maximum atomic E-state index is 12.5. The molecule has 1 aliphatic rings. The van der Waals surface area contributed by atoms with Gasteiger partial charge in [0, 0.05) is 0 Å². The van der Waals surface area contributed by atoms with Gasteiger partial charge in [0.25, 0.3) is 15.9 Å². The number of carbonyl (C=O) groups is 1. The first-order valence-electron chi connectivity index (χ1n) is 7.20. The first-order chi connectivity index (χ1) is 11.6. The van der Waals surface area contributed by atoms with Gasteiger partial charge in [0.15, 0.2) is 0 Å². The van der Waals surface area contributed by atoms with Crippen LogP contribution in [0.15, 0.2) is 65.7 Å². The Balaban J connectivity index is 1.66. The quantitative estimate of drug-likeness (QED) is 0.723. The molecule has 0 unspecified atom stereocenters. The van der Waals surface area contributed by atoms with E-state index in [0.717, 1.165) is 9.99 Å². The van der Waals surface area contributed by atoms with Gasteiger partial charge in [0.2, 0.25) is 0 Å². The van der Waals surface area contributed by atoms with Crippen molar-refractivity contribution < 1.29 is 13.2 Å². The summed E-state index contributed by atoms with van der Waals surface area (Å²) in [5, 5.41) is 7.96. The van der Waals surface area contributed by atoms with Crippen LogP contribution in [-0.2, 0) is 16.6 Å². The maximum absolute atomic E-state index is 12.5. The molecule has 0 saturated carbocycles. The van der Waals surface area contributed by atoms with Crippen LogP contribution < -0.4 is 0 Å². The lowest BCUT2D eigenvalue weighted by molar-refractivity contribution is 0.0864. The van der Waals surface area contributed by atoms with Gasteiger partial charge in [-0.05, 0) is 24.3 Å². The van der Waals surface area contributed by atoms with Crippen molar-refractivity contribution in [3.05, 3.63) is 72.1 Å². The van der Waals surface area contributed by atoms with Crippen LogP contribution in [0.25, 0.3) is 5.69 Å². The molecule has 3 aromatic rings. The van der Waals surface area contributed by atoms with Crippen molar-refractivity contribution in [2.24, 2.45) is 0 Å². The number of sulfonamides is 1. The Morgan fingerprint density at radius 2 is 1.67 bits per heavy atom. The lowest BCUT2D eigenvalue weighted by atomic mass is 10.2. The zero-order chi connectivity index (χ0) is 16.7. The second kappa shape index (κ2) is 5.27. The van der Waals surface area contributed by atoms with Gasteiger partial charge in [0.1, 0.15) is 10.6 Å². The van der Waals surface area contributed by atoms with Crippen molar-refractivity contribution in [1.29, 1.82) is 0 Å². The molecule has 4 rings (SSSR count). The molecule has 1 aliphatic heterocycles. The van der Waals surface area contributed by atoms with E-state index in [1.54, 1.807) is 18.3 Å². The van der Waals surface area contributed by atoms with Gasteiger partial charge >= 0.3 is 0 Å². The Labute approximate surface area is 138 Å². The van der Waals surface area contributed by atoms with E-state index >= 15 is 0 Å². The summed E-state index contributed by atoms with van der Waals surface area (Å²) < 4.78 is 27.4. The molecule has 0 bridgehead atoms. The summed E-state index contributed by atoms with van der Waals surface area (Å²) >= 11 is 0. The monoisotopic (exact) mass is 340 g/mol. The third-order valence-electron chi connectivity index (χ3n) is 3.78. The van der Waals surface area contributed by atoms with Gasteiger partial charge in [-0.25, -0.2) is 17.4 Å². The molecule has 0 aliphatic carbocycles. The first-order valence-corrected chi connectivity index (χ1v) is 8.64. The number of hydrogen-bond donors (Lipinski definition) is 0. The second-order valence-corrected chi connectivity index (χ2v) is 7.13. The van der Waals surface area contributed by atoms with E-state index in [9.17, 15) is 13.2 Å². The zero-order valence-electron chi connectivity index (χ0n) is 12.4. The van der Waals surface area contributed by atoms with E-state index in [-0.39, 0.29) is 17.0 Å². The summed E-state index contributed by atoms with van der Waals surface area (Å²) in [7, 11) is -3.84. The van der Waals surface area contributed by atoms with Crippen LogP contribution in [0, 0.1) is 0 Å². The Hall–Kier alpha value is -3.00. The average molecular weight is 340 g/mol. The number of fused-ring (bicyclic) bond motifs is 1. The van der Waals surface area contributed by atoms with Crippen molar-refractivity contribution in [3.8, 4) is 5.69 Å². The molecule has 0 N–H and O–H groups in total. The number of hydrogen-bond acceptors (Lipinski definition) is 5. The fourth-order valence-electron chi connectivity index (χ4n) is 2.61. The lowest BCUT2D eigenvalue weighted by Gasteiger charge is -2.12. The van der Waals surface area contributed by atoms with Crippen LogP contribution in [0.3, 0.4) is 0 Å². The van der Waals surface area contributed by atoms with Crippen molar-refractivity contribution in [1.82, 2.24) is 19.3 Å². The SMILES string of the molecule is O=C1c2ccccc2S(=O)(=O)N1Cc1cn(-c2ccccc2)nn1. The highest BCUT2D eigenvalue weighted by Crippen LogP contribution is 2.30. The van der Waals surface area contributed by atoms with Crippen LogP contribution in [0.5, 0.6) is 0 Å². The molecule has 0 saturated heterocycles. The molecule has 2 aromatic carbocycles. The highest BCUT2D eigenvalue weighted by atomic mass is 32.2. The van der Waals surface area contributed by atoms with E-state index in [1.165, 1.54) is 16.8 Å². The second-order valence-electron chi connectivity index (χ2n) is 5.30. The Bertz CT molecular complexity index is 1030. The minimum absolute atomic E-state index is 0.0328. The number of carbonyl (C=O) groups excluding carboxylic acids is 1. The molecule has 2 heterocycles. The van der Waals surface area contributed by atoms with Crippen molar-refractivity contribution in [2.45, 2.75) is 11.4 Å². The van der Waals surface area contributed by atoms with E-state index in [2.05, 4.69) is 10.3 Å². The van der Waals surface area contributed by atoms with Gasteiger partial charge in [-0.15, -0.1) is 5.10 Å². The van der Waals surface area contributed by atoms with Crippen molar-refractivity contribution in [2.75, 3.05) is 0 Å². The van der Waals surface area contributed by atoms with Gasteiger partial charge in [-0.2, -0.15) is 0 Å². The van der Waals surface area contributed by atoms with Gasteiger partial charge in [-0.1, -0.05) is 35.5 Å². The Kier molecular flexibility index (Phi) is 3.20. The molecule has 0 fully saturated rings. The average Bonchev–Trinajstić information content (AvgIpc) is 3.14. The molecule has 8 heteroatoms. The molecule has 120 valence electrons. The Morgan fingerprint density at radius 3 is 2.42 bits per heavy atom. The summed E-state index contributed by atoms with van der Waals surface area (Å²) in [5.74, 6) is -0.542. The molecule has 7 nitrogen and oxygen atoms in total. The smallest absolute Gasteiger partial charge is 0.268 e. The predicted molar refractivity (Wildman–Crippen MR) is 84.9 cm³/mol. The summed E-state index contributed by atoms with van der Waals surface area (Å²) in [4.78, 5) is 12.4. The highest BCUT2D eigenvalue weighted by Gasteiger charge is 2.41. The molecule has 24 heavy (non-hydrogen) atoms. The summed E-state index contributed by atoms with van der Waals surface area (Å²) in [6.45, 7) is -0.150. The largest absolute Gasteiger partial charge is 0.269 e. The van der Waals surface area contributed by atoms with E-state index < -0.39 is 15.9 Å². The molecule has 1 aromatic heterocycles. The number of para-hydroxylation sites is 1. The maximum Gasteiger partial charge on any atom is 0.269 e. The minimum Gasteiger partial charge on any atom is -0.268 e. The standard InChI is InChI=1S/C16H12N4O3S/c21-16-14-8-4-5-9-15(14)24(22,23)20(16)11-12-10-19(18-17-12)13-6-2-1-3-7-13/h1-10H,11H2. The van der Waals surface area contributed by atoms with E-state index in [1.807, 2.05) is 30.3 Å². The fraction of sp³-hybridized carbons (Fsp3) is 0.0625. The van der Waals surface area contributed by atoms with E-state index in [0.29, 0.717) is 5.69 Å². The molecule has 1 amide bonds. The Morgan fingerprint density at radius 1 is 0.958 bits per heavy atom. The predicted octanol–water partition coefficient (Wildman–Crippen LogP) is 1.61. The number of nitrogens with zero attached hydrogens (tertiary/aromatic N) is 4. The third kappa shape index (κ3) is 2.19. The van der Waals surface area contributed by atoms with Crippen LogP contribution in [0.4, 0.5) is 0 Å². The van der Waals surface area contributed by atoms with Gasteiger partial charge in [-0.3, -0.25) is 4.79 Å². The van der Waals surface area contributed by atoms with Crippen LogP contribution in [-0.4, -0.2) is 33.6 Å². The zero-order valence-corrected chi connectivity index (χ0v) is 13.2. The number of rotatable bonds is 3. The third-order valence-corrected chi connectivity index (χ3v) is 5.57. The van der Waals surface area contributed by atoms with Gasteiger partial charge in [0.05, 0.1) is 24.0 Å². The molecular weight excluding hydrogens is 328 g/mol. The fourth-order valence-corrected chi connectivity index (χ4v) is 4.15. The molecule has 0 radical (unpaired) electrons. The summed E-state index contributed by atoms with van der Waals surface area (Å²) in [6.07, 6.45) is 1.61. The summed E-state index contributed by atoms with van der Waals surface area (Å²) in [5.41, 5.74) is 1.38. The van der Waals surface area contributed by atoms with Crippen molar-refractivity contribution in [3.63, 3.8) is 0 Å². The topological polar surface area (TPSA) is 85.2 Å². The lowest BCUT2D eigenvalue weighted by Crippen LogP contribution is -2.29.